The molecule has 0 unspecified atom stereocenters. The van der Waals surface area contributed by atoms with Gasteiger partial charge >= 0.3 is 0 Å². The SMILES string of the molecule is CC.CC.CCC.CCCN. The minimum atomic E-state index is 0.819. The van der Waals surface area contributed by atoms with Crippen LogP contribution in [0, 0.1) is 0 Å². The van der Waals surface area contributed by atoms with Crippen molar-refractivity contribution in [3.63, 3.8) is 0 Å². The van der Waals surface area contributed by atoms with Crippen molar-refractivity contribution in [3.8, 4) is 0 Å². The van der Waals surface area contributed by atoms with Crippen molar-refractivity contribution < 1.29 is 0 Å². The molecule has 0 aliphatic heterocycles. The van der Waals surface area contributed by atoms with E-state index in [1.807, 2.05) is 27.7 Å². The molecule has 0 aromatic carbocycles. The minimum Gasteiger partial charge on any atom is -0.330 e. The molecule has 2 N–H and O–H groups in total. The monoisotopic (exact) mass is 163 g/mol. The molecule has 11 heavy (non-hydrogen) atoms. The highest BCUT2D eigenvalue weighted by Gasteiger charge is 1.55. The van der Waals surface area contributed by atoms with Crippen LogP contribution >= 0.6 is 0 Å². The zero-order valence-corrected chi connectivity index (χ0v) is 9.70. The van der Waals surface area contributed by atoms with Crippen molar-refractivity contribution in [1.29, 1.82) is 0 Å². The Hall–Kier alpha value is -0.0400. The van der Waals surface area contributed by atoms with Crippen LogP contribution in [0.15, 0.2) is 0 Å². The number of rotatable bonds is 1. The molecule has 0 aromatic rings. The zero-order chi connectivity index (χ0) is 10.1. The molecule has 0 rings (SSSR count). The molecule has 0 saturated heterocycles. The number of nitrogens with two attached hydrogens (primary N) is 1. The van der Waals surface area contributed by atoms with Crippen molar-refractivity contribution in [1.82, 2.24) is 0 Å². The lowest BCUT2D eigenvalue weighted by Crippen LogP contribution is -1.93. The average Bonchev–Trinajstić information content (AvgIpc) is 2.12. The Balaban J connectivity index is -0.0000000315. The minimum absolute atomic E-state index is 0.819. The number of hydrogen-bond acceptors (Lipinski definition) is 1. The maximum Gasteiger partial charge on any atom is -0.00799 e. The van der Waals surface area contributed by atoms with Gasteiger partial charge in [-0.1, -0.05) is 54.9 Å². The van der Waals surface area contributed by atoms with E-state index in [-0.39, 0.29) is 0 Å². The summed E-state index contributed by atoms with van der Waals surface area (Å²) in [6.45, 7) is 15.1. The van der Waals surface area contributed by atoms with Crippen molar-refractivity contribution >= 4 is 0 Å². The van der Waals surface area contributed by atoms with Gasteiger partial charge in [0.2, 0.25) is 0 Å². The van der Waals surface area contributed by atoms with Gasteiger partial charge in [0, 0.05) is 0 Å². The first-order valence-corrected chi connectivity index (χ1v) is 5.03. The summed E-state index contributed by atoms with van der Waals surface area (Å²) in [5.41, 5.74) is 5.03. The Labute approximate surface area is 74.4 Å². The summed E-state index contributed by atoms with van der Waals surface area (Å²) in [4.78, 5) is 0. The molecule has 1 nitrogen and oxygen atoms in total. The van der Waals surface area contributed by atoms with Gasteiger partial charge in [0.25, 0.3) is 0 Å². The van der Waals surface area contributed by atoms with Crippen LogP contribution in [0.2, 0.25) is 0 Å². The maximum absolute atomic E-state index is 5.03. The Kier molecular flexibility index (Phi) is 186. The maximum atomic E-state index is 5.03. The van der Waals surface area contributed by atoms with Crippen LogP contribution in [0.4, 0.5) is 0 Å². The first-order valence-electron chi connectivity index (χ1n) is 5.03. The summed E-state index contributed by atoms with van der Waals surface area (Å²) in [7, 11) is 0. The highest BCUT2D eigenvalue weighted by Crippen LogP contribution is 1.57. The molecular weight excluding hydrogens is 134 g/mol. The second-order valence-corrected chi connectivity index (χ2v) is 1.50. The molecule has 0 bridgehead atoms. The molecule has 0 heterocycles. The summed E-state index contributed by atoms with van der Waals surface area (Å²) in [5.74, 6) is 0. The molecule has 0 saturated carbocycles. The lowest BCUT2D eigenvalue weighted by Gasteiger charge is -1.70. The first kappa shape index (κ1) is 22.4. The Morgan fingerprint density at radius 1 is 0.818 bits per heavy atom. The van der Waals surface area contributed by atoms with Crippen LogP contribution in [0.25, 0.3) is 0 Å². The highest BCUT2D eigenvalue weighted by molar-refractivity contribution is 4.19. The van der Waals surface area contributed by atoms with E-state index in [1.54, 1.807) is 0 Å². The molecular formula is C10H29N. The topological polar surface area (TPSA) is 26.0 Å². The Bertz CT molecular complexity index is 12.3. The molecule has 0 aromatic heterocycles. The van der Waals surface area contributed by atoms with Crippen LogP contribution in [-0.2, 0) is 0 Å². The smallest absolute Gasteiger partial charge is 0.00799 e. The molecule has 0 radical (unpaired) electrons. The van der Waals surface area contributed by atoms with E-state index < -0.39 is 0 Å². The third-order valence-electron chi connectivity index (χ3n) is 0.289. The van der Waals surface area contributed by atoms with E-state index in [1.165, 1.54) is 6.42 Å². The zero-order valence-electron chi connectivity index (χ0n) is 9.70. The second-order valence-electron chi connectivity index (χ2n) is 1.50. The molecule has 0 spiro atoms. The lowest BCUT2D eigenvalue weighted by molar-refractivity contribution is 0.932. The predicted molar refractivity (Wildman–Crippen MR) is 58.0 cm³/mol. The number of hydrogen-bond donors (Lipinski definition) is 1. The summed E-state index contributed by atoms with van der Waals surface area (Å²) in [6.07, 6.45) is 2.35. The molecule has 1 heteroatoms. The van der Waals surface area contributed by atoms with E-state index in [0.29, 0.717) is 0 Å². The highest BCUT2D eigenvalue weighted by atomic mass is 14.5. The van der Waals surface area contributed by atoms with Crippen molar-refractivity contribution in [2.75, 3.05) is 6.54 Å². The van der Waals surface area contributed by atoms with Crippen molar-refractivity contribution in [3.05, 3.63) is 0 Å². The van der Waals surface area contributed by atoms with E-state index in [9.17, 15) is 0 Å². The third kappa shape index (κ3) is 685. The van der Waals surface area contributed by atoms with Crippen molar-refractivity contribution in [2.45, 2.75) is 61.3 Å². The van der Waals surface area contributed by atoms with Gasteiger partial charge in [-0.2, -0.15) is 0 Å². The van der Waals surface area contributed by atoms with Gasteiger partial charge in [-0.3, -0.25) is 0 Å². The van der Waals surface area contributed by atoms with Gasteiger partial charge in [-0.15, -0.1) is 0 Å². The van der Waals surface area contributed by atoms with Crippen LogP contribution in [0.3, 0.4) is 0 Å². The molecule has 0 amide bonds. The summed E-state index contributed by atoms with van der Waals surface area (Å²) in [6, 6.07) is 0. The fourth-order valence-corrected chi connectivity index (χ4v) is 0. The fraction of sp³-hybridized carbons (Fsp3) is 1.00. The fourth-order valence-electron chi connectivity index (χ4n) is 0. The largest absolute Gasteiger partial charge is 0.330 e. The third-order valence-corrected chi connectivity index (χ3v) is 0.289. The van der Waals surface area contributed by atoms with E-state index in [2.05, 4.69) is 20.8 Å². The standard InChI is InChI=1S/C3H9N.C3H8.2C2H6/c1-2-3-4;1-3-2;2*1-2/h2-4H2,1H3;3H2,1-2H3;2*1-2H3. The van der Waals surface area contributed by atoms with Gasteiger partial charge in [0.15, 0.2) is 0 Å². The molecule has 0 atom stereocenters. The predicted octanol–water partition coefficient (Wildman–Crippen LogP) is 3.82. The van der Waals surface area contributed by atoms with E-state index >= 15 is 0 Å². The van der Waals surface area contributed by atoms with Crippen molar-refractivity contribution in [2.24, 2.45) is 5.73 Å². The molecule has 74 valence electrons. The second kappa shape index (κ2) is 91.3. The van der Waals surface area contributed by atoms with Crippen LogP contribution in [-0.4, -0.2) is 6.54 Å². The Morgan fingerprint density at radius 3 is 0.909 bits per heavy atom. The lowest BCUT2D eigenvalue weighted by atomic mass is 10.5. The average molecular weight is 163 g/mol. The van der Waals surface area contributed by atoms with Crippen LogP contribution in [0.1, 0.15) is 61.3 Å². The van der Waals surface area contributed by atoms with Gasteiger partial charge in [-0.25, -0.2) is 0 Å². The molecule has 0 aliphatic carbocycles. The normalized spacial score (nSPS) is 5.45. The summed E-state index contributed by atoms with van der Waals surface area (Å²) < 4.78 is 0. The van der Waals surface area contributed by atoms with Crippen LogP contribution in [0.5, 0.6) is 0 Å². The summed E-state index contributed by atoms with van der Waals surface area (Å²) >= 11 is 0. The quantitative estimate of drug-likeness (QED) is 0.625. The Morgan fingerprint density at radius 2 is 0.909 bits per heavy atom. The first-order chi connectivity index (χ1) is 5.33. The van der Waals surface area contributed by atoms with E-state index in [0.717, 1.165) is 13.0 Å². The van der Waals surface area contributed by atoms with Gasteiger partial charge < -0.3 is 5.73 Å². The van der Waals surface area contributed by atoms with Gasteiger partial charge in [0.1, 0.15) is 0 Å². The van der Waals surface area contributed by atoms with Crippen LogP contribution < -0.4 is 5.73 Å². The van der Waals surface area contributed by atoms with E-state index in [4.69, 9.17) is 5.73 Å². The molecule has 0 fully saturated rings. The molecule has 0 aliphatic rings. The van der Waals surface area contributed by atoms with Gasteiger partial charge in [0.05, 0.1) is 0 Å². The van der Waals surface area contributed by atoms with Gasteiger partial charge in [-0.05, 0) is 13.0 Å². The summed E-state index contributed by atoms with van der Waals surface area (Å²) in [5, 5.41) is 0.